The van der Waals surface area contributed by atoms with E-state index in [1.54, 1.807) is 10.9 Å². The van der Waals surface area contributed by atoms with Gasteiger partial charge in [0.1, 0.15) is 23.2 Å². The van der Waals surface area contributed by atoms with E-state index in [0.29, 0.717) is 28.7 Å². The smallest absolute Gasteiger partial charge is 0.261 e. The molecule has 0 fully saturated rings. The van der Waals surface area contributed by atoms with Gasteiger partial charge < -0.3 is 15.4 Å². The first-order valence-electron chi connectivity index (χ1n) is 11.5. The molecule has 6 nitrogen and oxygen atoms in total. The van der Waals surface area contributed by atoms with Crippen LogP contribution in [0.5, 0.6) is 5.75 Å². The van der Waals surface area contributed by atoms with Gasteiger partial charge in [0.05, 0.1) is 12.8 Å². The van der Waals surface area contributed by atoms with Crippen molar-refractivity contribution in [3.63, 3.8) is 0 Å². The summed E-state index contributed by atoms with van der Waals surface area (Å²) < 4.78 is 7.28. The van der Waals surface area contributed by atoms with Gasteiger partial charge in [0.15, 0.2) is 0 Å². The zero-order valence-electron chi connectivity index (χ0n) is 19.5. The number of amides is 1. The number of nitrogens with one attached hydrogen (secondary N) is 2. The Kier molecular flexibility index (Phi) is 6.29. The van der Waals surface area contributed by atoms with Crippen LogP contribution in [0.15, 0.2) is 85.1 Å². The van der Waals surface area contributed by atoms with Crippen LogP contribution in [0.1, 0.15) is 40.0 Å². The number of allylic oxidation sites excluding steroid dienone is 1. The molecule has 5 rings (SSSR count). The number of aryl methyl sites for hydroxylation is 1. The molecule has 3 aromatic carbocycles. The summed E-state index contributed by atoms with van der Waals surface area (Å²) in [6.07, 6.45) is 3.67. The number of aromatic nitrogens is 2. The highest BCUT2D eigenvalue weighted by Crippen LogP contribution is 2.37. The lowest BCUT2D eigenvalue weighted by Gasteiger charge is -2.27. The maximum absolute atomic E-state index is 13.3. The summed E-state index contributed by atoms with van der Waals surface area (Å²) in [6.45, 7) is 4.57. The van der Waals surface area contributed by atoms with Crippen LogP contribution in [-0.2, 0) is 0 Å². The minimum absolute atomic E-state index is 0.258. The predicted molar refractivity (Wildman–Crippen MR) is 140 cm³/mol. The lowest BCUT2D eigenvalue weighted by Crippen LogP contribution is -2.22. The summed E-state index contributed by atoms with van der Waals surface area (Å²) in [7, 11) is 0. The highest BCUT2D eigenvalue weighted by atomic mass is 35.5. The second-order valence-electron chi connectivity index (χ2n) is 8.30. The summed E-state index contributed by atoms with van der Waals surface area (Å²) in [4.78, 5) is 13.3. The van der Waals surface area contributed by atoms with E-state index in [1.165, 1.54) is 5.56 Å². The molecule has 0 saturated carbocycles. The molecule has 0 aliphatic carbocycles. The fourth-order valence-electron chi connectivity index (χ4n) is 4.10. The number of carbonyl (C=O) groups is 1. The number of ether oxygens (including phenoxy) is 1. The van der Waals surface area contributed by atoms with Gasteiger partial charge in [-0.25, -0.2) is 4.68 Å². The molecule has 2 heterocycles. The number of rotatable bonds is 6. The number of nitrogens with zero attached hydrogens (tertiary/aromatic N) is 2. The molecule has 1 aromatic heterocycles. The molecule has 0 spiro atoms. The van der Waals surface area contributed by atoms with E-state index in [4.69, 9.17) is 16.3 Å². The number of benzene rings is 3. The number of halogens is 1. The van der Waals surface area contributed by atoms with Crippen LogP contribution in [0.2, 0.25) is 5.02 Å². The minimum Gasteiger partial charge on any atom is -0.494 e. The molecule has 2 N–H and O–H groups in total. The van der Waals surface area contributed by atoms with Crippen LogP contribution >= 0.6 is 11.6 Å². The molecular formula is C28H25ClN4O2. The Balaban J connectivity index is 1.51. The van der Waals surface area contributed by atoms with Gasteiger partial charge in [0, 0.05) is 16.4 Å². The Morgan fingerprint density at radius 3 is 2.54 bits per heavy atom. The van der Waals surface area contributed by atoms with E-state index < -0.39 is 0 Å². The highest BCUT2D eigenvalue weighted by molar-refractivity contribution is 6.31. The molecule has 4 aromatic rings. The number of hydrogen-bond donors (Lipinski definition) is 2. The number of hydrogen-bond acceptors (Lipinski definition) is 4. The van der Waals surface area contributed by atoms with Gasteiger partial charge in [-0.1, -0.05) is 59.6 Å². The quantitative estimate of drug-likeness (QED) is 0.325. The van der Waals surface area contributed by atoms with E-state index in [0.717, 1.165) is 22.6 Å². The molecule has 176 valence electrons. The summed E-state index contributed by atoms with van der Waals surface area (Å²) >= 11 is 6.57. The summed E-state index contributed by atoms with van der Waals surface area (Å²) in [5, 5.41) is 11.6. The standard InChI is InChI=1S/C28H25ClN4O2/c1-3-35-21-14-12-20(13-15-21)31-28(34)23-17-30-33-26(22-6-4-5-7-24(22)29)16-25(32-27(23)33)19-10-8-18(2)9-11-19/h4-17,26,32H,3H2,1-2H3,(H,31,34). The first kappa shape index (κ1) is 22.7. The van der Waals surface area contributed by atoms with Crippen molar-refractivity contribution in [3.8, 4) is 5.75 Å². The largest absolute Gasteiger partial charge is 0.494 e. The fourth-order valence-corrected chi connectivity index (χ4v) is 4.35. The van der Waals surface area contributed by atoms with Crippen LogP contribution in [0.3, 0.4) is 0 Å². The molecule has 0 radical (unpaired) electrons. The van der Waals surface area contributed by atoms with Crippen LogP contribution in [-0.4, -0.2) is 22.3 Å². The molecule has 1 aliphatic heterocycles. The summed E-state index contributed by atoms with van der Waals surface area (Å²) in [5.41, 5.74) is 5.09. The average Bonchev–Trinajstić information content (AvgIpc) is 3.30. The Hall–Kier alpha value is -4.03. The van der Waals surface area contributed by atoms with Crippen LogP contribution in [0.4, 0.5) is 11.5 Å². The average molecular weight is 485 g/mol. The normalized spacial score (nSPS) is 14.5. The highest BCUT2D eigenvalue weighted by Gasteiger charge is 2.28. The van der Waals surface area contributed by atoms with Crippen molar-refractivity contribution in [2.24, 2.45) is 0 Å². The van der Waals surface area contributed by atoms with Gasteiger partial charge in [-0.15, -0.1) is 0 Å². The van der Waals surface area contributed by atoms with E-state index in [2.05, 4.69) is 53.0 Å². The molecule has 1 unspecified atom stereocenters. The lowest BCUT2D eigenvalue weighted by molar-refractivity contribution is 0.102. The molecule has 0 bridgehead atoms. The Bertz CT molecular complexity index is 1390. The lowest BCUT2D eigenvalue weighted by atomic mass is 10.0. The Labute approximate surface area is 209 Å². The molecular weight excluding hydrogens is 460 g/mol. The van der Waals surface area contributed by atoms with E-state index in [-0.39, 0.29) is 11.9 Å². The van der Waals surface area contributed by atoms with Crippen LogP contribution in [0.25, 0.3) is 5.70 Å². The second kappa shape index (κ2) is 9.68. The van der Waals surface area contributed by atoms with Crippen molar-refractivity contribution in [1.29, 1.82) is 0 Å². The van der Waals surface area contributed by atoms with Crippen LogP contribution in [0, 0.1) is 6.92 Å². The Morgan fingerprint density at radius 1 is 1.09 bits per heavy atom. The third-order valence-electron chi connectivity index (χ3n) is 5.89. The maximum atomic E-state index is 13.3. The zero-order valence-corrected chi connectivity index (χ0v) is 20.2. The van der Waals surface area contributed by atoms with Crippen molar-refractivity contribution in [2.75, 3.05) is 17.2 Å². The predicted octanol–water partition coefficient (Wildman–Crippen LogP) is 6.55. The molecule has 1 amide bonds. The van der Waals surface area contributed by atoms with E-state index in [9.17, 15) is 4.79 Å². The van der Waals surface area contributed by atoms with Gasteiger partial charge in [0.25, 0.3) is 5.91 Å². The minimum atomic E-state index is -0.275. The second-order valence-corrected chi connectivity index (χ2v) is 8.71. The third-order valence-corrected chi connectivity index (χ3v) is 6.24. The van der Waals surface area contributed by atoms with Gasteiger partial charge in [0.2, 0.25) is 0 Å². The maximum Gasteiger partial charge on any atom is 0.261 e. The summed E-state index contributed by atoms with van der Waals surface area (Å²) in [6, 6.07) is 23.0. The van der Waals surface area contributed by atoms with Gasteiger partial charge in [-0.05, 0) is 61.4 Å². The SMILES string of the molecule is CCOc1ccc(NC(=O)c2cnn3c2NC(c2ccc(C)cc2)=CC3c2ccccc2Cl)cc1. The van der Waals surface area contributed by atoms with Gasteiger partial charge >= 0.3 is 0 Å². The monoisotopic (exact) mass is 484 g/mol. The summed E-state index contributed by atoms with van der Waals surface area (Å²) in [5.74, 6) is 1.10. The number of carbonyl (C=O) groups excluding carboxylic acids is 1. The number of fused-ring (bicyclic) bond motifs is 1. The Morgan fingerprint density at radius 2 is 1.83 bits per heavy atom. The van der Waals surface area contributed by atoms with E-state index in [1.807, 2.05) is 55.5 Å². The first-order valence-corrected chi connectivity index (χ1v) is 11.8. The van der Waals surface area contributed by atoms with Gasteiger partial charge in [-0.3, -0.25) is 4.79 Å². The molecule has 35 heavy (non-hydrogen) atoms. The molecule has 1 atom stereocenters. The van der Waals surface area contributed by atoms with Gasteiger partial charge in [-0.2, -0.15) is 5.10 Å². The van der Waals surface area contributed by atoms with Crippen molar-refractivity contribution in [2.45, 2.75) is 19.9 Å². The molecule has 7 heteroatoms. The van der Waals surface area contributed by atoms with E-state index >= 15 is 0 Å². The molecule has 1 aliphatic rings. The third kappa shape index (κ3) is 4.66. The van der Waals surface area contributed by atoms with Crippen molar-refractivity contribution in [3.05, 3.63) is 112 Å². The zero-order chi connectivity index (χ0) is 24.4. The fraction of sp³-hybridized carbons (Fsp3) is 0.143. The van der Waals surface area contributed by atoms with Crippen molar-refractivity contribution in [1.82, 2.24) is 9.78 Å². The first-order chi connectivity index (χ1) is 17.0. The van der Waals surface area contributed by atoms with Crippen molar-refractivity contribution >= 4 is 34.7 Å². The topological polar surface area (TPSA) is 68.2 Å². The van der Waals surface area contributed by atoms with Crippen molar-refractivity contribution < 1.29 is 9.53 Å². The molecule has 0 saturated heterocycles. The number of anilines is 2. The van der Waals surface area contributed by atoms with Crippen LogP contribution < -0.4 is 15.4 Å².